The van der Waals surface area contributed by atoms with E-state index in [2.05, 4.69) is 17.0 Å². The Morgan fingerprint density at radius 1 is 0.963 bits per heavy atom. The maximum atomic E-state index is 13.2. The van der Waals surface area contributed by atoms with E-state index in [0.29, 0.717) is 30.3 Å². The molecule has 27 heavy (non-hydrogen) atoms. The number of nitrogens with zero attached hydrogens (tertiary/aromatic N) is 2. The zero-order valence-corrected chi connectivity index (χ0v) is 17.1. The second-order valence-corrected chi connectivity index (χ2v) is 8.89. The fourth-order valence-electron chi connectivity index (χ4n) is 3.51. The van der Waals surface area contributed by atoms with Crippen LogP contribution in [0.25, 0.3) is 0 Å². The summed E-state index contributed by atoms with van der Waals surface area (Å²) in [6.07, 6.45) is 0. The van der Waals surface area contributed by atoms with E-state index in [1.54, 1.807) is 10.4 Å². The maximum Gasteiger partial charge on any atom is 0.243 e. The molecule has 0 aliphatic carbocycles. The number of benzene rings is 2. The molecule has 2 aromatic carbocycles. The van der Waals surface area contributed by atoms with E-state index in [1.807, 2.05) is 45.0 Å². The topological polar surface area (TPSA) is 49.9 Å². The van der Waals surface area contributed by atoms with Gasteiger partial charge >= 0.3 is 0 Å². The quantitative estimate of drug-likeness (QED) is 0.762. The zero-order valence-electron chi connectivity index (χ0n) is 16.3. The summed E-state index contributed by atoms with van der Waals surface area (Å²) in [7, 11) is -3.52. The van der Waals surface area contributed by atoms with Gasteiger partial charge in [-0.2, -0.15) is 4.31 Å². The molecule has 146 valence electrons. The molecule has 0 aromatic heterocycles. The van der Waals surface area contributed by atoms with Crippen LogP contribution in [0, 0.1) is 13.8 Å². The van der Waals surface area contributed by atoms with Crippen molar-refractivity contribution in [3.05, 3.63) is 59.2 Å². The largest absolute Gasteiger partial charge is 0.494 e. The Labute approximate surface area is 162 Å². The van der Waals surface area contributed by atoms with Crippen LogP contribution in [0.5, 0.6) is 5.75 Å². The smallest absolute Gasteiger partial charge is 0.243 e. The molecule has 6 heteroatoms. The molecule has 2 aromatic rings. The molecule has 0 radical (unpaired) electrons. The van der Waals surface area contributed by atoms with Crippen molar-refractivity contribution < 1.29 is 13.2 Å². The summed E-state index contributed by atoms with van der Waals surface area (Å²) >= 11 is 0. The van der Waals surface area contributed by atoms with E-state index in [9.17, 15) is 8.42 Å². The minimum atomic E-state index is -3.52. The van der Waals surface area contributed by atoms with Gasteiger partial charge in [0.25, 0.3) is 0 Å². The number of hydrogen-bond acceptors (Lipinski definition) is 4. The van der Waals surface area contributed by atoms with Crippen LogP contribution in [0.2, 0.25) is 0 Å². The predicted octanol–water partition coefficient (Wildman–Crippen LogP) is 3.21. The summed E-state index contributed by atoms with van der Waals surface area (Å²) < 4.78 is 33.6. The molecule has 3 rings (SSSR count). The summed E-state index contributed by atoms with van der Waals surface area (Å²) in [6, 6.07) is 13.9. The van der Waals surface area contributed by atoms with Crippen LogP contribution < -0.4 is 4.74 Å². The van der Waals surface area contributed by atoms with E-state index in [4.69, 9.17) is 4.74 Å². The summed E-state index contributed by atoms with van der Waals surface area (Å²) in [5.41, 5.74) is 2.98. The van der Waals surface area contributed by atoms with E-state index in [-0.39, 0.29) is 0 Å². The lowest BCUT2D eigenvalue weighted by molar-refractivity contribution is 0.181. The molecule has 0 bridgehead atoms. The molecule has 0 N–H and O–H groups in total. The van der Waals surface area contributed by atoms with Crippen LogP contribution in [-0.2, 0) is 16.6 Å². The highest BCUT2D eigenvalue weighted by Crippen LogP contribution is 2.29. The first-order chi connectivity index (χ1) is 12.9. The third-order valence-corrected chi connectivity index (χ3v) is 7.01. The normalized spacial score (nSPS) is 16.4. The van der Waals surface area contributed by atoms with Gasteiger partial charge in [0.15, 0.2) is 0 Å². The lowest BCUT2D eigenvalue weighted by Gasteiger charge is -2.34. The molecule has 1 heterocycles. The third kappa shape index (κ3) is 4.51. The third-order valence-electron chi connectivity index (χ3n) is 4.97. The van der Waals surface area contributed by atoms with E-state index >= 15 is 0 Å². The summed E-state index contributed by atoms with van der Waals surface area (Å²) in [5, 5.41) is 0. The van der Waals surface area contributed by atoms with Gasteiger partial charge in [-0.05, 0) is 37.5 Å². The predicted molar refractivity (Wildman–Crippen MR) is 108 cm³/mol. The number of sulfonamides is 1. The van der Waals surface area contributed by atoms with Gasteiger partial charge in [0.05, 0.1) is 11.5 Å². The first-order valence-electron chi connectivity index (χ1n) is 9.42. The Morgan fingerprint density at radius 2 is 1.63 bits per heavy atom. The molecular formula is C21H28N2O3S. The molecule has 1 aliphatic rings. The summed E-state index contributed by atoms with van der Waals surface area (Å²) in [5.74, 6) is 0.643. The fraction of sp³-hybridized carbons (Fsp3) is 0.429. The average molecular weight is 389 g/mol. The van der Waals surface area contributed by atoms with E-state index in [0.717, 1.165) is 30.8 Å². The molecule has 0 saturated carbocycles. The van der Waals surface area contributed by atoms with Crippen molar-refractivity contribution in [2.75, 3.05) is 32.8 Å². The fourth-order valence-corrected chi connectivity index (χ4v) is 5.16. The minimum absolute atomic E-state index is 0.355. The molecule has 1 fully saturated rings. The number of rotatable bonds is 6. The van der Waals surface area contributed by atoms with Gasteiger partial charge < -0.3 is 4.74 Å². The van der Waals surface area contributed by atoms with Crippen molar-refractivity contribution in [1.29, 1.82) is 0 Å². The van der Waals surface area contributed by atoms with Gasteiger partial charge in [-0.25, -0.2) is 8.42 Å². The van der Waals surface area contributed by atoms with Crippen LogP contribution in [0.1, 0.15) is 23.6 Å². The Balaban J connectivity index is 1.72. The highest BCUT2D eigenvalue weighted by Gasteiger charge is 2.30. The van der Waals surface area contributed by atoms with Crippen molar-refractivity contribution in [3.8, 4) is 5.75 Å². The molecule has 1 aliphatic heterocycles. The first kappa shape index (κ1) is 19.9. The second kappa shape index (κ2) is 8.42. The van der Waals surface area contributed by atoms with Crippen molar-refractivity contribution in [2.24, 2.45) is 0 Å². The van der Waals surface area contributed by atoms with Gasteiger partial charge in [-0.3, -0.25) is 4.90 Å². The summed E-state index contributed by atoms with van der Waals surface area (Å²) in [6.45, 7) is 9.54. The minimum Gasteiger partial charge on any atom is -0.494 e. The SMILES string of the molecule is CCOc1cc(S(=O)(=O)N2CCN(Cc3ccccc3)CC2)c(C)cc1C. The lowest BCUT2D eigenvalue weighted by Crippen LogP contribution is -2.48. The molecule has 0 spiro atoms. The first-order valence-corrected chi connectivity index (χ1v) is 10.9. The highest BCUT2D eigenvalue weighted by molar-refractivity contribution is 7.89. The van der Waals surface area contributed by atoms with E-state index in [1.165, 1.54) is 5.56 Å². The van der Waals surface area contributed by atoms with Gasteiger partial charge in [0.2, 0.25) is 10.0 Å². The van der Waals surface area contributed by atoms with Crippen LogP contribution >= 0.6 is 0 Å². The molecule has 1 saturated heterocycles. The molecule has 0 unspecified atom stereocenters. The van der Waals surface area contributed by atoms with Crippen molar-refractivity contribution in [3.63, 3.8) is 0 Å². The second-order valence-electron chi connectivity index (χ2n) is 6.98. The molecule has 0 atom stereocenters. The van der Waals surface area contributed by atoms with Crippen LogP contribution in [0.4, 0.5) is 0 Å². The van der Waals surface area contributed by atoms with Gasteiger partial charge in [-0.1, -0.05) is 36.4 Å². The van der Waals surface area contributed by atoms with Gasteiger partial charge in [0.1, 0.15) is 5.75 Å². The van der Waals surface area contributed by atoms with E-state index < -0.39 is 10.0 Å². The highest BCUT2D eigenvalue weighted by atomic mass is 32.2. The average Bonchev–Trinajstić information content (AvgIpc) is 2.65. The Kier molecular flexibility index (Phi) is 6.19. The maximum absolute atomic E-state index is 13.2. The lowest BCUT2D eigenvalue weighted by atomic mass is 10.1. The monoisotopic (exact) mass is 388 g/mol. The summed E-state index contributed by atoms with van der Waals surface area (Å²) in [4.78, 5) is 2.66. The molecule has 0 amide bonds. The Morgan fingerprint density at radius 3 is 2.26 bits per heavy atom. The Hall–Kier alpha value is -1.89. The number of hydrogen-bond donors (Lipinski definition) is 0. The standard InChI is InChI=1S/C21H28N2O3S/c1-4-26-20-15-21(18(3)14-17(20)2)27(24,25)23-12-10-22(11-13-23)16-19-8-6-5-7-9-19/h5-9,14-15H,4,10-13,16H2,1-3H3. The molecular weight excluding hydrogens is 360 g/mol. The van der Waals surface area contributed by atoms with Crippen molar-refractivity contribution in [1.82, 2.24) is 9.21 Å². The number of ether oxygens (including phenoxy) is 1. The van der Waals surface area contributed by atoms with Crippen LogP contribution in [0.3, 0.4) is 0 Å². The van der Waals surface area contributed by atoms with Crippen molar-refractivity contribution >= 4 is 10.0 Å². The van der Waals surface area contributed by atoms with Gasteiger partial charge in [0, 0.05) is 38.8 Å². The number of aryl methyl sites for hydroxylation is 2. The molecule has 5 nitrogen and oxygen atoms in total. The van der Waals surface area contributed by atoms with Crippen LogP contribution in [-0.4, -0.2) is 50.4 Å². The Bertz CT molecular complexity index is 874. The van der Waals surface area contributed by atoms with Gasteiger partial charge in [-0.15, -0.1) is 0 Å². The van der Waals surface area contributed by atoms with Crippen LogP contribution in [0.15, 0.2) is 47.4 Å². The number of piperazine rings is 1. The zero-order chi connectivity index (χ0) is 19.4. The van der Waals surface area contributed by atoms with Crippen molar-refractivity contribution in [2.45, 2.75) is 32.2 Å².